The second kappa shape index (κ2) is 8.27. The lowest BCUT2D eigenvalue weighted by Crippen LogP contribution is -2.11. The van der Waals surface area contributed by atoms with Crippen molar-refractivity contribution in [1.82, 2.24) is 30.5 Å². The average molecular weight is 451 g/mol. The van der Waals surface area contributed by atoms with Crippen molar-refractivity contribution in [3.63, 3.8) is 0 Å². The molecule has 0 saturated heterocycles. The van der Waals surface area contributed by atoms with Gasteiger partial charge in [-0.15, -0.1) is 0 Å². The monoisotopic (exact) mass is 450 g/mol. The van der Waals surface area contributed by atoms with Crippen LogP contribution in [0.25, 0.3) is 55.6 Å². The van der Waals surface area contributed by atoms with E-state index in [1.165, 1.54) is 5.56 Å². The van der Waals surface area contributed by atoms with Crippen molar-refractivity contribution in [2.24, 2.45) is 0 Å². The van der Waals surface area contributed by atoms with E-state index in [4.69, 9.17) is 0 Å². The van der Waals surface area contributed by atoms with Gasteiger partial charge in [-0.25, -0.2) is 0 Å². The van der Waals surface area contributed by atoms with E-state index in [0.29, 0.717) is 0 Å². The van der Waals surface area contributed by atoms with Crippen molar-refractivity contribution >= 4 is 33.1 Å². The molecule has 0 aliphatic rings. The molecule has 5 aromatic heterocycles. The Labute approximate surface area is 194 Å². The summed E-state index contributed by atoms with van der Waals surface area (Å²) in [4.78, 5) is 12.6. The van der Waals surface area contributed by atoms with E-state index < -0.39 is 0 Å². The summed E-state index contributed by atoms with van der Waals surface area (Å²) in [5, 5.41) is 17.6. The molecule has 3 N–H and O–H groups in total. The predicted octanol–water partition coefficient (Wildman–Crippen LogP) is 6.01. The van der Waals surface area contributed by atoms with E-state index in [2.05, 4.69) is 84.5 Å². The third-order valence-corrected chi connectivity index (χ3v) is 6.55. The minimum atomic E-state index is 0.812. The Morgan fingerprint density at radius 2 is 1.85 bits per heavy atom. The molecule has 6 rings (SSSR count). The molecule has 5 heterocycles. The molecule has 0 aliphatic heterocycles. The van der Waals surface area contributed by atoms with Gasteiger partial charge in [0, 0.05) is 57.9 Å². The summed E-state index contributed by atoms with van der Waals surface area (Å²) in [6.07, 6.45) is 5.68. The Morgan fingerprint density at radius 3 is 2.73 bits per heavy atom. The van der Waals surface area contributed by atoms with Crippen LogP contribution in [-0.4, -0.2) is 31.7 Å². The highest BCUT2D eigenvalue weighted by molar-refractivity contribution is 7.08. The van der Waals surface area contributed by atoms with Gasteiger partial charge in [-0.1, -0.05) is 13.0 Å². The SMILES string of the molecule is CCNCc1cncc(-c2ccc3[nH]nc(-c4cc5c(-c6ccsc6)nccc5[nH]4)c3c2)c1. The van der Waals surface area contributed by atoms with Crippen LogP contribution in [0.3, 0.4) is 0 Å². The van der Waals surface area contributed by atoms with E-state index >= 15 is 0 Å². The maximum atomic E-state index is 4.65. The van der Waals surface area contributed by atoms with Crippen LogP contribution >= 0.6 is 11.3 Å². The van der Waals surface area contributed by atoms with E-state index in [1.54, 1.807) is 11.3 Å². The van der Waals surface area contributed by atoms with Crippen LogP contribution in [0.5, 0.6) is 0 Å². The Hall–Kier alpha value is -3.81. The van der Waals surface area contributed by atoms with E-state index in [0.717, 1.165) is 68.7 Å². The van der Waals surface area contributed by atoms with Gasteiger partial charge in [-0.05, 0) is 59.4 Å². The fourth-order valence-electron chi connectivity index (χ4n) is 4.22. The van der Waals surface area contributed by atoms with Crippen molar-refractivity contribution in [2.75, 3.05) is 6.54 Å². The molecule has 0 saturated carbocycles. The first kappa shape index (κ1) is 19.8. The lowest BCUT2D eigenvalue weighted by Gasteiger charge is -2.06. The van der Waals surface area contributed by atoms with Gasteiger partial charge in [-0.2, -0.15) is 16.4 Å². The minimum absolute atomic E-state index is 0.812. The number of benzene rings is 1. The molecule has 0 unspecified atom stereocenters. The predicted molar refractivity (Wildman–Crippen MR) is 135 cm³/mol. The van der Waals surface area contributed by atoms with Gasteiger partial charge in [0.15, 0.2) is 0 Å². The second-order valence-corrected chi connectivity index (χ2v) is 8.79. The Kier molecular flexibility index (Phi) is 4.97. The van der Waals surface area contributed by atoms with Crippen LogP contribution in [-0.2, 0) is 6.54 Å². The number of fused-ring (bicyclic) bond motifs is 2. The van der Waals surface area contributed by atoms with Crippen LogP contribution in [0, 0.1) is 0 Å². The van der Waals surface area contributed by atoms with Crippen LogP contribution in [0.4, 0.5) is 0 Å². The smallest absolute Gasteiger partial charge is 0.116 e. The first-order chi connectivity index (χ1) is 16.3. The minimum Gasteiger partial charge on any atom is -0.353 e. The molecule has 6 aromatic rings. The largest absolute Gasteiger partial charge is 0.353 e. The molecule has 0 atom stereocenters. The summed E-state index contributed by atoms with van der Waals surface area (Å²) in [5.74, 6) is 0. The third kappa shape index (κ3) is 3.61. The highest BCUT2D eigenvalue weighted by atomic mass is 32.1. The maximum Gasteiger partial charge on any atom is 0.116 e. The molecule has 33 heavy (non-hydrogen) atoms. The highest BCUT2D eigenvalue weighted by Crippen LogP contribution is 2.34. The normalized spacial score (nSPS) is 11.5. The molecular formula is C26H22N6S. The summed E-state index contributed by atoms with van der Waals surface area (Å²) >= 11 is 1.68. The zero-order valence-electron chi connectivity index (χ0n) is 18.1. The average Bonchev–Trinajstić information content (AvgIpc) is 3.61. The molecule has 6 nitrogen and oxygen atoms in total. The van der Waals surface area contributed by atoms with Gasteiger partial charge in [0.1, 0.15) is 5.69 Å². The summed E-state index contributed by atoms with van der Waals surface area (Å²) in [6.45, 7) is 3.85. The maximum absolute atomic E-state index is 4.65. The lowest BCUT2D eigenvalue weighted by molar-refractivity contribution is 0.724. The standard InChI is InChI=1S/C26H22N6S/c1-2-27-12-16-9-19(14-28-13-16)17-3-4-23-20(10-17)26(32-31-23)24-11-21-22(30-24)5-7-29-25(21)18-6-8-33-15-18/h3-11,13-15,27,30H,2,12H2,1H3,(H,31,32). The number of hydrogen-bond acceptors (Lipinski definition) is 5. The summed E-state index contributed by atoms with van der Waals surface area (Å²) < 4.78 is 0. The van der Waals surface area contributed by atoms with E-state index in [-0.39, 0.29) is 0 Å². The molecule has 1 aromatic carbocycles. The van der Waals surface area contributed by atoms with Gasteiger partial charge < -0.3 is 10.3 Å². The number of H-pyrrole nitrogens is 2. The van der Waals surface area contributed by atoms with Crippen molar-refractivity contribution in [3.8, 4) is 33.8 Å². The number of rotatable bonds is 6. The van der Waals surface area contributed by atoms with E-state index in [9.17, 15) is 0 Å². The fraction of sp³-hybridized carbons (Fsp3) is 0.115. The van der Waals surface area contributed by atoms with Crippen molar-refractivity contribution in [2.45, 2.75) is 13.5 Å². The molecule has 0 radical (unpaired) electrons. The zero-order valence-corrected chi connectivity index (χ0v) is 18.9. The number of nitrogens with one attached hydrogen (secondary N) is 3. The van der Waals surface area contributed by atoms with Gasteiger partial charge >= 0.3 is 0 Å². The van der Waals surface area contributed by atoms with E-state index in [1.807, 2.05) is 24.7 Å². The lowest BCUT2D eigenvalue weighted by atomic mass is 10.0. The number of aromatic amines is 2. The van der Waals surface area contributed by atoms with Gasteiger partial charge in [0.25, 0.3) is 0 Å². The van der Waals surface area contributed by atoms with Crippen LogP contribution in [0.1, 0.15) is 12.5 Å². The molecule has 7 heteroatoms. The first-order valence-electron chi connectivity index (χ1n) is 10.9. The van der Waals surface area contributed by atoms with Crippen molar-refractivity contribution in [3.05, 3.63) is 77.4 Å². The number of hydrogen-bond donors (Lipinski definition) is 3. The Bertz CT molecular complexity index is 1560. The Balaban J connectivity index is 1.44. The third-order valence-electron chi connectivity index (χ3n) is 5.87. The quantitative estimate of drug-likeness (QED) is 0.290. The molecule has 0 fully saturated rings. The molecule has 0 amide bonds. The number of thiophene rings is 1. The first-order valence-corrected chi connectivity index (χ1v) is 11.9. The van der Waals surface area contributed by atoms with Crippen molar-refractivity contribution in [1.29, 1.82) is 0 Å². The molecule has 162 valence electrons. The van der Waals surface area contributed by atoms with Gasteiger partial charge in [0.05, 0.1) is 16.9 Å². The number of nitrogens with zero attached hydrogens (tertiary/aromatic N) is 3. The summed E-state index contributed by atoms with van der Waals surface area (Å²) in [5.41, 5.74) is 9.43. The van der Waals surface area contributed by atoms with Crippen LogP contribution in [0.2, 0.25) is 0 Å². The summed E-state index contributed by atoms with van der Waals surface area (Å²) in [6, 6.07) is 14.8. The molecule has 0 aliphatic carbocycles. The fourth-order valence-corrected chi connectivity index (χ4v) is 4.86. The van der Waals surface area contributed by atoms with Gasteiger partial charge in [-0.3, -0.25) is 15.1 Å². The van der Waals surface area contributed by atoms with Crippen LogP contribution < -0.4 is 5.32 Å². The summed E-state index contributed by atoms with van der Waals surface area (Å²) in [7, 11) is 0. The van der Waals surface area contributed by atoms with Crippen molar-refractivity contribution < 1.29 is 0 Å². The zero-order chi connectivity index (χ0) is 22.2. The van der Waals surface area contributed by atoms with Crippen LogP contribution in [0.15, 0.2) is 71.8 Å². The second-order valence-electron chi connectivity index (χ2n) is 8.01. The molecular weight excluding hydrogens is 428 g/mol. The Morgan fingerprint density at radius 1 is 0.909 bits per heavy atom. The molecule has 0 bridgehead atoms. The molecule has 0 spiro atoms. The highest BCUT2D eigenvalue weighted by Gasteiger charge is 2.15. The topological polar surface area (TPSA) is 82.3 Å². The van der Waals surface area contributed by atoms with Gasteiger partial charge in [0.2, 0.25) is 0 Å². The number of aromatic nitrogens is 5. The number of pyridine rings is 2.